The van der Waals surface area contributed by atoms with E-state index < -0.39 is 5.82 Å². The molecule has 2 N–H and O–H groups in total. The van der Waals surface area contributed by atoms with Gasteiger partial charge < -0.3 is 10.3 Å². The molecule has 0 amide bonds. The summed E-state index contributed by atoms with van der Waals surface area (Å²) in [7, 11) is 1.76. The molecule has 0 atom stereocenters. The molecule has 0 aliphatic heterocycles. The standard InChI is InChI=1S/C13H11FN4O/c1-15-11-6-5-8(7-16-11)18-10-4-2-3-9(14)12(10)17-13(18)19/h2-7H,1H3,(H,15,16)(H,17,19). The molecule has 96 valence electrons. The van der Waals surface area contributed by atoms with Crippen molar-refractivity contribution in [1.82, 2.24) is 14.5 Å². The Kier molecular flexibility index (Phi) is 2.56. The Hall–Kier alpha value is -2.63. The lowest BCUT2D eigenvalue weighted by Crippen LogP contribution is -2.14. The van der Waals surface area contributed by atoms with Crippen LogP contribution in [0, 0.1) is 5.82 Å². The van der Waals surface area contributed by atoms with Gasteiger partial charge >= 0.3 is 5.69 Å². The fourth-order valence-electron chi connectivity index (χ4n) is 2.02. The molecule has 2 aromatic heterocycles. The summed E-state index contributed by atoms with van der Waals surface area (Å²) in [6.07, 6.45) is 1.56. The SMILES string of the molecule is CNc1ccc(-n2c(=O)[nH]c3c(F)cccc32)cn1. The fraction of sp³-hybridized carbons (Fsp3) is 0.0769. The Morgan fingerprint density at radius 1 is 1.32 bits per heavy atom. The minimum absolute atomic E-state index is 0.199. The lowest BCUT2D eigenvalue weighted by Gasteiger charge is -2.04. The first-order valence-corrected chi connectivity index (χ1v) is 5.74. The fourth-order valence-corrected chi connectivity index (χ4v) is 2.02. The van der Waals surface area contributed by atoms with Crippen LogP contribution in [0.3, 0.4) is 0 Å². The molecular formula is C13H11FN4O. The number of anilines is 1. The minimum Gasteiger partial charge on any atom is -0.373 e. The minimum atomic E-state index is -0.451. The monoisotopic (exact) mass is 258 g/mol. The van der Waals surface area contributed by atoms with Gasteiger partial charge in [0.15, 0.2) is 0 Å². The summed E-state index contributed by atoms with van der Waals surface area (Å²) in [6, 6.07) is 8.06. The number of nitrogens with zero attached hydrogens (tertiary/aromatic N) is 2. The number of fused-ring (bicyclic) bond motifs is 1. The zero-order valence-electron chi connectivity index (χ0n) is 10.1. The van der Waals surface area contributed by atoms with E-state index in [0.29, 0.717) is 17.0 Å². The van der Waals surface area contributed by atoms with Crippen LogP contribution in [0.4, 0.5) is 10.2 Å². The molecule has 0 unspecified atom stereocenters. The number of aromatic amines is 1. The van der Waals surface area contributed by atoms with Gasteiger partial charge in [-0.3, -0.25) is 4.57 Å². The van der Waals surface area contributed by atoms with Crippen molar-refractivity contribution < 1.29 is 4.39 Å². The first-order valence-electron chi connectivity index (χ1n) is 5.74. The number of hydrogen-bond donors (Lipinski definition) is 2. The highest BCUT2D eigenvalue weighted by Gasteiger charge is 2.11. The average Bonchev–Trinajstić information content (AvgIpc) is 2.77. The van der Waals surface area contributed by atoms with Crippen molar-refractivity contribution in [3.05, 3.63) is 52.8 Å². The first-order chi connectivity index (χ1) is 9.20. The van der Waals surface area contributed by atoms with Crippen LogP contribution in [0.15, 0.2) is 41.3 Å². The molecule has 19 heavy (non-hydrogen) atoms. The normalized spacial score (nSPS) is 10.8. The number of pyridine rings is 1. The van der Waals surface area contributed by atoms with Gasteiger partial charge in [-0.1, -0.05) is 6.07 Å². The maximum absolute atomic E-state index is 13.6. The lowest BCUT2D eigenvalue weighted by atomic mass is 10.3. The topological polar surface area (TPSA) is 62.7 Å². The highest BCUT2D eigenvalue weighted by atomic mass is 19.1. The number of aromatic nitrogens is 3. The van der Waals surface area contributed by atoms with Gasteiger partial charge in [0.1, 0.15) is 17.2 Å². The van der Waals surface area contributed by atoms with Crippen LogP contribution in [-0.4, -0.2) is 21.6 Å². The molecule has 3 aromatic rings. The van der Waals surface area contributed by atoms with Crippen LogP contribution in [-0.2, 0) is 0 Å². The van der Waals surface area contributed by atoms with E-state index in [9.17, 15) is 9.18 Å². The van der Waals surface area contributed by atoms with Gasteiger partial charge in [-0.15, -0.1) is 0 Å². The molecule has 1 aromatic carbocycles. The predicted octanol–water partition coefficient (Wildman–Crippen LogP) is 1.89. The molecule has 0 fully saturated rings. The predicted molar refractivity (Wildman–Crippen MR) is 71.2 cm³/mol. The van der Waals surface area contributed by atoms with E-state index in [-0.39, 0.29) is 11.2 Å². The molecule has 0 saturated heterocycles. The maximum Gasteiger partial charge on any atom is 0.331 e. The van der Waals surface area contributed by atoms with Crippen molar-refractivity contribution in [1.29, 1.82) is 0 Å². The zero-order valence-corrected chi connectivity index (χ0v) is 10.1. The third-order valence-electron chi connectivity index (χ3n) is 2.93. The number of hydrogen-bond acceptors (Lipinski definition) is 3. The lowest BCUT2D eigenvalue weighted by molar-refractivity contribution is 0.637. The van der Waals surface area contributed by atoms with Gasteiger partial charge in [0.2, 0.25) is 0 Å². The van der Waals surface area contributed by atoms with Crippen molar-refractivity contribution >= 4 is 16.9 Å². The van der Waals surface area contributed by atoms with E-state index >= 15 is 0 Å². The van der Waals surface area contributed by atoms with Crippen LogP contribution in [0.5, 0.6) is 0 Å². The van der Waals surface area contributed by atoms with Gasteiger partial charge in [-0.2, -0.15) is 0 Å². The number of nitrogens with one attached hydrogen (secondary N) is 2. The van der Waals surface area contributed by atoms with Crippen molar-refractivity contribution in [2.45, 2.75) is 0 Å². The molecule has 5 nitrogen and oxygen atoms in total. The van der Waals surface area contributed by atoms with Crippen molar-refractivity contribution in [2.24, 2.45) is 0 Å². The van der Waals surface area contributed by atoms with E-state index in [4.69, 9.17) is 0 Å². The van der Waals surface area contributed by atoms with Gasteiger partial charge in [-0.25, -0.2) is 14.2 Å². The summed E-state index contributed by atoms with van der Waals surface area (Å²) in [5.74, 6) is 0.246. The molecule has 6 heteroatoms. The third-order valence-corrected chi connectivity index (χ3v) is 2.93. The van der Waals surface area contributed by atoms with Crippen LogP contribution >= 0.6 is 0 Å². The second-order valence-electron chi connectivity index (χ2n) is 4.05. The Bertz CT molecular complexity index is 789. The van der Waals surface area contributed by atoms with E-state index in [1.165, 1.54) is 10.6 Å². The summed E-state index contributed by atoms with van der Waals surface area (Å²) >= 11 is 0. The van der Waals surface area contributed by atoms with E-state index in [0.717, 1.165) is 0 Å². The van der Waals surface area contributed by atoms with Gasteiger partial charge in [0.25, 0.3) is 0 Å². The Labute approximate surface area is 107 Å². The average molecular weight is 258 g/mol. The summed E-state index contributed by atoms with van der Waals surface area (Å²) in [6.45, 7) is 0. The number of para-hydroxylation sites is 1. The Morgan fingerprint density at radius 2 is 2.16 bits per heavy atom. The second-order valence-corrected chi connectivity index (χ2v) is 4.05. The van der Waals surface area contributed by atoms with Gasteiger partial charge in [0.05, 0.1) is 17.4 Å². The van der Waals surface area contributed by atoms with E-state index in [2.05, 4.69) is 15.3 Å². The quantitative estimate of drug-likeness (QED) is 0.738. The number of benzene rings is 1. The van der Waals surface area contributed by atoms with Crippen molar-refractivity contribution in [3.63, 3.8) is 0 Å². The van der Waals surface area contributed by atoms with E-state index in [1.54, 1.807) is 37.5 Å². The molecule has 3 rings (SSSR count). The largest absolute Gasteiger partial charge is 0.373 e. The number of imidazole rings is 1. The zero-order chi connectivity index (χ0) is 13.4. The van der Waals surface area contributed by atoms with Crippen LogP contribution in [0.2, 0.25) is 0 Å². The van der Waals surface area contributed by atoms with Gasteiger partial charge in [0, 0.05) is 7.05 Å². The third kappa shape index (κ3) is 1.77. The smallest absolute Gasteiger partial charge is 0.331 e. The Morgan fingerprint density at radius 3 is 2.84 bits per heavy atom. The molecule has 0 bridgehead atoms. The van der Waals surface area contributed by atoms with Crippen molar-refractivity contribution in [3.8, 4) is 5.69 Å². The van der Waals surface area contributed by atoms with Crippen LogP contribution < -0.4 is 11.0 Å². The number of H-pyrrole nitrogens is 1. The van der Waals surface area contributed by atoms with Crippen molar-refractivity contribution in [2.75, 3.05) is 12.4 Å². The molecule has 0 aliphatic carbocycles. The van der Waals surface area contributed by atoms with Crippen LogP contribution in [0.1, 0.15) is 0 Å². The summed E-state index contributed by atoms with van der Waals surface area (Å²) in [5.41, 5.74) is 0.883. The Balaban J connectivity index is 2.27. The highest BCUT2D eigenvalue weighted by Crippen LogP contribution is 2.17. The first kappa shape index (κ1) is 11.5. The van der Waals surface area contributed by atoms with E-state index in [1.807, 2.05) is 0 Å². The van der Waals surface area contributed by atoms with Crippen LogP contribution in [0.25, 0.3) is 16.7 Å². The second kappa shape index (κ2) is 4.24. The molecule has 2 heterocycles. The summed E-state index contributed by atoms with van der Waals surface area (Å²) < 4.78 is 15.0. The molecule has 0 spiro atoms. The summed E-state index contributed by atoms with van der Waals surface area (Å²) in [4.78, 5) is 18.6. The molecule has 0 radical (unpaired) electrons. The number of rotatable bonds is 2. The molecule has 0 saturated carbocycles. The highest BCUT2D eigenvalue weighted by molar-refractivity contribution is 5.77. The molecular weight excluding hydrogens is 247 g/mol. The maximum atomic E-state index is 13.6. The van der Waals surface area contributed by atoms with Gasteiger partial charge in [-0.05, 0) is 24.3 Å². The molecule has 0 aliphatic rings. The number of halogens is 1. The summed E-state index contributed by atoms with van der Waals surface area (Å²) in [5, 5.41) is 2.89.